The number of hydrogen-bond donors (Lipinski definition) is 2. The van der Waals surface area contributed by atoms with Crippen LogP contribution in [0.4, 0.5) is 5.69 Å². The highest BCUT2D eigenvalue weighted by molar-refractivity contribution is 7.89. The smallest absolute Gasteiger partial charge is 0.242 e. The minimum Gasteiger partial charge on any atom is -0.495 e. The van der Waals surface area contributed by atoms with Crippen molar-refractivity contribution < 1.29 is 17.9 Å². The minimum absolute atomic E-state index is 0.132. The maximum absolute atomic E-state index is 13.0. The van der Waals surface area contributed by atoms with Crippen molar-refractivity contribution in [3.63, 3.8) is 0 Å². The first-order valence-electron chi connectivity index (χ1n) is 9.22. The van der Waals surface area contributed by atoms with Gasteiger partial charge < -0.3 is 10.1 Å². The van der Waals surface area contributed by atoms with Gasteiger partial charge in [-0.3, -0.25) is 4.79 Å². The van der Waals surface area contributed by atoms with Gasteiger partial charge in [-0.05, 0) is 49.6 Å². The summed E-state index contributed by atoms with van der Waals surface area (Å²) in [5.74, 6) is -0.104. The predicted molar refractivity (Wildman–Crippen MR) is 111 cm³/mol. The number of rotatable bonds is 8. The Hall–Kier alpha value is -2.38. The molecular weight excluding hydrogens is 376 g/mol. The molecule has 1 amide bonds. The van der Waals surface area contributed by atoms with E-state index in [-0.39, 0.29) is 10.8 Å². The minimum atomic E-state index is -3.83. The Morgan fingerprint density at radius 2 is 1.68 bits per heavy atom. The van der Waals surface area contributed by atoms with Crippen molar-refractivity contribution in [3.8, 4) is 5.75 Å². The number of carbonyl (C=O) groups excluding carboxylic acids is 1. The lowest BCUT2D eigenvalue weighted by atomic mass is 9.99. The van der Waals surface area contributed by atoms with Crippen molar-refractivity contribution >= 4 is 21.6 Å². The molecule has 152 valence electrons. The Kier molecular flexibility index (Phi) is 7.21. The van der Waals surface area contributed by atoms with Gasteiger partial charge in [-0.2, -0.15) is 4.72 Å². The van der Waals surface area contributed by atoms with Crippen molar-refractivity contribution in [3.05, 3.63) is 53.6 Å². The molecule has 6 nitrogen and oxygen atoms in total. The first-order chi connectivity index (χ1) is 13.2. The molecule has 0 aliphatic carbocycles. The normalized spacial score (nSPS) is 13.6. The Morgan fingerprint density at radius 1 is 1.07 bits per heavy atom. The third-order valence-corrected chi connectivity index (χ3v) is 6.18. The molecule has 0 radical (unpaired) electrons. The van der Waals surface area contributed by atoms with Gasteiger partial charge in [0.1, 0.15) is 11.8 Å². The fourth-order valence-corrected chi connectivity index (χ4v) is 4.05. The zero-order chi connectivity index (χ0) is 20.9. The monoisotopic (exact) mass is 404 g/mol. The topological polar surface area (TPSA) is 84.5 Å². The predicted octanol–water partition coefficient (Wildman–Crippen LogP) is 3.64. The average Bonchev–Trinajstić information content (AvgIpc) is 2.66. The second-order valence-electron chi connectivity index (χ2n) is 6.99. The van der Waals surface area contributed by atoms with Crippen LogP contribution in [0.15, 0.2) is 47.4 Å². The maximum atomic E-state index is 13.0. The van der Waals surface area contributed by atoms with Crippen LogP contribution in [-0.4, -0.2) is 27.5 Å². The molecule has 2 rings (SSSR count). The summed E-state index contributed by atoms with van der Waals surface area (Å²) in [7, 11) is -2.31. The van der Waals surface area contributed by atoms with Crippen LogP contribution in [0.3, 0.4) is 0 Å². The third-order valence-electron chi connectivity index (χ3n) is 4.72. The number of aryl methyl sites for hydroxylation is 2. The van der Waals surface area contributed by atoms with Crippen LogP contribution in [0.1, 0.15) is 31.4 Å². The molecule has 7 heteroatoms. The lowest BCUT2D eigenvalue weighted by Gasteiger charge is -2.24. The molecule has 0 saturated carbocycles. The largest absolute Gasteiger partial charge is 0.495 e. The van der Waals surface area contributed by atoms with Gasteiger partial charge in [0.15, 0.2) is 0 Å². The highest BCUT2D eigenvalue weighted by Gasteiger charge is 2.30. The van der Waals surface area contributed by atoms with Gasteiger partial charge in [-0.15, -0.1) is 0 Å². The van der Waals surface area contributed by atoms with E-state index in [4.69, 9.17) is 4.74 Å². The number of nitrogens with one attached hydrogen (secondary N) is 2. The van der Waals surface area contributed by atoms with E-state index in [9.17, 15) is 13.2 Å². The molecule has 0 bridgehead atoms. The van der Waals surface area contributed by atoms with Crippen LogP contribution >= 0.6 is 0 Å². The summed E-state index contributed by atoms with van der Waals surface area (Å²) in [6.07, 6.45) is 0.638. The number of ether oxygens (including phenoxy) is 1. The molecule has 2 N–H and O–H groups in total. The molecule has 2 atom stereocenters. The molecule has 2 aromatic rings. The molecule has 2 aromatic carbocycles. The first-order valence-corrected chi connectivity index (χ1v) is 10.7. The summed E-state index contributed by atoms with van der Waals surface area (Å²) in [5.41, 5.74) is 2.42. The van der Waals surface area contributed by atoms with E-state index in [1.54, 1.807) is 24.3 Å². The second-order valence-corrected chi connectivity index (χ2v) is 8.70. The summed E-state index contributed by atoms with van der Waals surface area (Å²) >= 11 is 0. The Balaban J connectivity index is 2.29. The van der Waals surface area contributed by atoms with E-state index in [0.717, 1.165) is 11.1 Å². The molecule has 0 saturated heterocycles. The summed E-state index contributed by atoms with van der Waals surface area (Å²) < 4.78 is 33.5. The Bertz CT molecular complexity index is 924. The van der Waals surface area contributed by atoms with Crippen molar-refractivity contribution in [2.75, 3.05) is 12.4 Å². The summed E-state index contributed by atoms with van der Waals surface area (Å²) in [6, 6.07) is 11.0. The van der Waals surface area contributed by atoms with Crippen LogP contribution in [-0.2, 0) is 14.8 Å². The van der Waals surface area contributed by atoms with Gasteiger partial charge in [-0.25, -0.2) is 8.42 Å². The molecule has 0 heterocycles. The van der Waals surface area contributed by atoms with E-state index in [2.05, 4.69) is 10.0 Å². The third kappa shape index (κ3) is 5.33. The molecule has 0 unspecified atom stereocenters. The van der Waals surface area contributed by atoms with Crippen LogP contribution in [0.25, 0.3) is 0 Å². The van der Waals surface area contributed by atoms with Crippen molar-refractivity contribution in [1.29, 1.82) is 0 Å². The standard InChI is InChI=1S/C21H28N2O4S/c1-6-16(4)20(23-28(25,26)17-10-7-14(2)8-11-17)21(24)22-18-13-15(3)9-12-19(18)27-5/h7-13,16,20,23H,6H2,1-5H3,(H,22,24)/t16-,20+/m1/s1. The van der Waals surface area contributed by atoms with Crippen LogP contribution in [0, 0.1) is 19.8 Å². The zero-order valence-electron chi connectivity index (χ0n) is 16.9. The number of anilines is 1. The highest BCUT2D eigenvalue weighted by atomic mass is 32.2. The van der Waals surface area contributed by atoms with Gasteiger partial charge in [0.05, 0.1) is 17.7 Å². The van der Waals surface area contributed by atoms with Crippen LogP contribution in [0.5, 0.6) is 5.75 Å². The fourth-order valence-electron chi connectivity index (χ4n) is 2.75. The van der Waals surface area contributed by atoms with E-state index in [0.29, 0.717) is 17.9 Å². The number of sulfonamides is 1. The van der Waals surface area contributed by atoms with Gasteiger partial charge >= 0.3 is 0 Å². The van der Waals surface area contributed by atoms with Crippen LogP contribution in [0.2, 0.25) is 0 Å². The Morgan fingerprint density at radius 3 is 2.25 bits per heavy atom. The van der Waals surface area contributed by atoms with E-state index >= 15 is 0 Å². The Labute approximate surface area is 167 Å². The molecule has 0 spiro atoms. The molecule has 28 heavy (non-hydrogen) atoms. The lowest BCUT2D eigenvalue weighted by Crippen LogP contribution is -2.47. The fraction of sp³-hybridized carbons (Fsp3) is 0.381. The first kappa shape index (κ1) is 21.9. The highest BCUT2D eigenvalue weighted by Crippen LogP contribution is 2.26. The molecule has 0 aliphatic heterocycles. The van der Waals surface area contributed by atoms with E-state index < -0.39 is 22.0 Å². The molecule has 0 aliphatic rings. The summed E-state index contributed by atoms with van der Waals surface area (Å²) in [6.45, 7) is 7.55. The van der Waals surface area contributed by atoms with Gasteiger partial charge in [0.2, 0.25) is 15.9 Å². The number of benzene rings is 2. The second kappa shape index (κ2) is 9.21. The number of amides is 1. The van der Waals surface area contributed by atoms with E-state index in [1.165, 1.54) is 19.2 Å². The van der Waals surface area contributed by atoms with Gasteiger partial charge in [-0.1, -0.05) is 44.0 Å². The molecule has 0 aromatic heterocycles. The zero-order valence-corrected chi connectivity index (χ0v) is 17.8. The van der Waals surface area contributed by atoms with Crippen molar-refractivity contribution in [1.82, 2.24) is 4.72 Å². The number of hydrogen-bond acceptors (Lipinski definition) is 4. The number of carbonyl (C=O) groups is 1. The van der Waals surface area contributed by atoms with Gasteiger partial charge in [0, 0.05) is 0 Å². The van der Waals surface area contributed by atoms with Crippen molar-refractivity contribution in [2.45, 2.75) is 45.1 Å². The molecular formula is C21H28N2O4S. The van der Waals surface area contributed by atoms with E-state index in [1.807, 2.05) is 33.8 Å². The lowest BCUT2D eigenvalue weighted by molar-refractivity contribution is -0.118. The maximum Gasteiger partial charge on any atom is 0.242 e. The SMILES string of the molecule is CC[C@@H](C)[C@H](NS(=O)(=O)c1ccc(C)cc1)C(=O)Nc1cc(C)ccc1OC. The summed E-state index contributed by atoms with van der Waals surface area (Å²) in [4.78, 5) is 13.1. The quantitative estimate of drug-likeness (QED) is 0.703. The van der Waals surface area contributed by atoms with Gasteiger partial charge in [0.25, 0.3) is 0 Å². The van der Waals surface area contributed by atoms with Crippen LogP contribution < -0.4 is 14.8 Å². The number of methoxy groups -OCH3 is 1. The summed E-state index contributed by atoms with van der Waals surface area (Å²) in [5, 5.41) is 2.81. The van der Waals surface area contributed by atoms with Crippen molar-refractivity contribution in [2.24, 2.45) is 5.92 Å². The molecule has 0 fully saturated rings. The average molecular weight is 405 g/mol.